The number of methoxy groups -OCH3 is 1. The van der Waals surface area contributed by atoms with Gasteiger partial charge >= 0.3 is 5.97 Å². The van der Waals surface area contributed by atoms with Crippen molar-refractivity contribution in [1.82, 2.24) is 15.2 Å². The minimum absolute atomic E-state index is 0.115. The molecule has 1 aliphatic rings. The largest absolute Gasteiger partial charge is 0.497 e. The summed E-state index contributed by atoms with van der Waals surface area (Å²) >= 11 is 0. The molecular formula is C35H34FN5O6. The number of anilines is 2. The Bertz CT molecular complexity index is 1750. The molecule has 1 fully saturated rings. The Balaban J connectivity index is 1.42. The second-order valence-electron chi connectivity index (χ2n) is 11.0. The molecule has 3 amide bonds. The number of hydrogen-bond donors (Lipinski definition) is 3. The highest BCUT2D eigenvalue weighted by Crippen LogP contribution is 2.30. The first-order valence-electron chi connectivity index (χ1n) is 15.0. The van der Waals surface area contributed by atoms with Crippen molar-refractivity contribution in [2.75, 3.05) is 43.5 Å². The molecule has 1 unspecified atom stereocenters. The van der Waals surface area contributed by atoms with Crippen molar-refractivity contribution in [3.8, 4) is 5.75 Å². The normalized spacial score (nSPS) is 13.7. The van der Waals surface area contributed by atoms with E-state index in [9.17, 15) is 28.7 Å². The summed E-state index contributed by atoms with van der Waals surface area (Å²) in [7, 11) is 1.50. The average Bonchev–Trinajstić information content (AvgIpc) is 3.34. The van der Waals surface area contributed by atoms with Crippen molar-refractivity contribution >= 4 is 35.1 Å². The number of halogens is 1. The SMILES string of the molecule is COc1cccc(C(=O)Nc2cc(C(=O)NC(CC(=O)O)c3ccc(F)cc3)ccc2N2CCCN(C(=O)c3cccnc3)CC2)c1. The fraction of sp³-hybridized carbons (Fsp3) is 0.229. The van der Waals surface area contributed by atoms with Crippen LogP contribution in [0.2, 0.25) is 0 Å². The van der Waals surface area contributed by atoms with Crippen LogP contribution >= 0.6 is 0 Å². The fourth-order valence-corrected chi connectivity index (χ4v) is 5.41. The quantitative estimate of drug-likeness (QED) is 0.225. The van der Waals surface area contributed by atoms with E-state index in [-0.39, 0.29) is 11.5 Å². The molecule has 1 atom stereocenters. The highest BCUT2D eigenvalue weighted by atomic mass is 19.1. The van der Waals surface area contributed by atoms with E-state index < -0.39 is 36.1 Å². The van der Waals surface area contributed by atoms with Crippen LogP contribution in [0.5, 0.6) is 5.75 Å². The summed E-state index contributed by atoms with van der Waals surface area (Å²) < 4.78 is 18.8. The summed E-state index contributed by atoms with van der Waals surface area (Å²) in [6.45, 7) is 2.00. The molecule has 2 heterocycles. The number of hydrogen-bond acceptors (Lipinski definition) is 7. The van der Waals surface area contributed by atoms with E-state index in [1.54, 1.807) is 59.6 Å². The molecule has 11 nitrogen and oxygen atoms in total. The van der Waals surface area contributed by atoms with Gasteiger partial charge in [-0.1, -0.05) is 18.2 Å². The zero-order valence-electron chi connectivity index (χ0n) is 25.7. The number of ether oxygens (including phenoxy) is 1. The Kier molecular flexibility index (Phi) is 10.4. The number of carbonyl (C=O) groups is 4. The summed E-state index contributed by atoms with van der Waals surface area (Å²) in [5, 5.41) is 15.1. The van der Waals surface area contributed by atoms with Crippen LogP contribution < -0.4 is 20.3 Å². The highest BCUT2D eigenvalue weighted by molar-refractivity contribution is 6.07. The molecule has 1 saturated heterocycles. The van der Waals surface area contributed by atoms with Crippen LogP contribution in [-0.4, -0.2) is 72.0 Å². The zero-order chi connectivity index (χ0) is 33.3. The number of aliphatic carboxylic acids is 1. The lowest BCUT2D eigenvalue weighted by atomic mass is 10.0. The average molecular weight is 640 g/mol. The second-order valence-corrected chi connectivity index (χ2v) is 11.0. The summed E-state index contributed by atoms with van der Waals surface area (Å²) in [4.78, 5) is 59.5. The van der Waals surface area contributed by atoms with E-state index in [1.165, 1.54) is 43.6 Å². The minimum Gasteiger partial charge on any atom is -0.497 e. The number of rotatable bonds is 10. The van der Waals surface area contributed by atoms with Crippen LogP contribution in [-0.2, 0) is 4.79 Å². The van der Waals surface area contributed by atoms with Crippen LogP contribution in [0.4, 0.5) is 15.8 Å². The maximum Gasteiger partial charge on any atom is 0.305 e. The number of benzene rings is 3. The monoisotopic (exact) mass is 639 g/mol. The van der Waals surface area contributed by atoms with Gasteiger partial charge in [0.1, 0.15) is 11.6 Å². The van der Waals surface area contributed by atoms with E-state index in [0.29, 0.717) is 66.4 Å². The lowest BCUT2D eigenvalue weighted by Crippen LogP contribution is -2.35. The molecule has 0 aliphatic carbocycles. The second kappa shape index (κ2) is 15.0. The molecule has 12 heteroatoms. The molecule has 47 heavy (non-hydrogen) atoms. The van der Waals surface area contributed by atoms with Crippen LogP contribution in [0, 0.1) is 5.82 Å². The molecule has 0 bridgehead atoms. The summed E-state index contributed by atoms with van der Waals surface area (Å²) in [6.07, 6.45) is 3.39. The van der Waals surface area contributed by atoms with Crippen molar-refractivity contribution in [3.05, 3.63) is 119 Å². The number of nitrogens with zero attached hydrogens (tertiary/aromatic N) is 3. The van der Waals surface area contributed by atoms with Gasteiger partial charge in [-0.25, -0.2) is 4.39 Å². The molecule has 242 valence electrons. The standard InChI is InChI=1S/C35H34FN5O6/c1-47-28-7-2-5-24(19-28)33(44)39-30-20-25(34(45)38-29(21-32(42)43)23-8-11-27(36)12-9-23)10-13-31(30)40-15-4-16-41(18-17-40)35(46)26-6-3-14-37-22-26/h2-3,5-14,19-20,22,29H,4,15-18,21H2,1H3,(H,38,45)(H,39,44)(H,42,43). The van der Waals surface area contributed by atoms with Gasteiger partial charge < -0.3 is 30.3 Å². The molecule has 0 saturated carbocycles. The predicted molar refractivity (Wildman–Crippen MR) is 173 cm³/mol. The first kappa shape index (κ1) is 32.6. The first-order valence-corrected chi connectivity index (χ1v) is 15.0. The molecule has 1 aromatic heterocycles. The summed E-state index contributed by atoms with van der Waals surface area (Å²) in [6, 6.07) is 19.3. The number of aromatic nitrogens is 1. The Morgan fingerprint density at radius 2 is 1.66 bits per heavy atom. The topological polar surface area (TPSA) is 141 Å². The molecule has 5 rings (SSSR count). The van der Waals surface area contributed by atoms with Crippen molar-refractivity contribution in [2.24, 2.45) is 0 Å². The predicted octanol–water partition coefficient (Wildman–Crippen LogP) is 4.78. The van der Waals surface area contributed by atoms with E-state index in [0.717, 1.165) is 0 Å². The molecule has 0 radical (unpaired) electrons. The summed E-state index contributed by atoms with van der Waals surface area (Å²) in [5.41, 5.74) is 2.45. The number of pyridine rings is 1. The van der Waals surface area contributed by atoms with Crippen LogP contribution in [0.3, 0.4) is 0 Å². The third-order valence-corrected chi connectivity index (χ3v) is 7.83. The molecule has 0 spiro atoms. The number of carboxylic acid groups (broad SMARTS) is 1. The number of carbonyl (C=O) groups excluding carboxylic acids is 3. The van der Waals surface area contributed by atoms with Gasteiger partial charge in [0.05, 0.1) is 36.5 Å². The van der Waals surface area contributed by atoms with Gasteiger partial charge in [0.25, 0.3) is 17.7 Å². The van der Waals surface area contributed by atoms with Crippen molar-refractivity contribution in [2.45, 2.75) is 18.9 Å². The van der Waals surface area contributed by atoms with Crippen LogP contribution in [0.1, 0.15) is 55.5 Å². The highest BCUT2D eigenvalue weighted by Gasteiger charge is 2.25. The lowest BCUT2D eigenvalue weighted by molar-refractivity contribution is -0.137. The molecule has 4 aromatic rings. The molecule has 3 N–H and O–H groups in total. The number of amides is 3. The van der Waals surface area contributed by atoms with Gasteiger partial charge in [-0.3, -0.25) is 24.2 Å². The molecule has 1 aliphatic heterocycles. The number of carboxylic acids is 1. The zero-order valence-corrected chi connectivity index (χ0v) is 25.7. The number of nitrogens with one attached hydrogen (secondary N) is 2. The molecule has 3 aromatic carbocycles. The fourth-order valence-electron chi connectivity index (χ4n) is 5.41. The third-order valence-electron chi connectivity index (χ3n) is 7.83. The first-order chi connectivity index (χ1) is 22.7. The maximum atomic E-state index is 13.5. The Hall–Kier alpha value is -5.78. The van der Waals surface area contributed by atoms with Gasteiger partial charge in [0, 0.05) is 49.7 Å². The van der Waals surface area contributed by atoms with Crippen molar-refractivity contribution in [3.63, 3.8) is 0 Å². The minimum atomic E-state index is -1.14. The van der Waals surface area contributed by atoms with Crippen molar-refractivity contribution < 1.29 is 33.4 Å². The van der Waals surface area contributed by atoms with Crippen LogP contribution in [0.25, 0.3) is 0 Å². The summed E-state index contributed by atoms with van der Waals surface area (Å²) in [5.74, 6) is -2.25. The van der Waals surface area contributed by atoms with E-state index >= 15 is 0 Å². The van der Waals surface area contributed by atoms with Crippen LogP contribution in [0.15, 0.2) is 91.3 Å². The Morgan fingerprint density at radius 3 is 2.38 bits per heavy atom. The van der Waals surface area contributed by atoms with Gasteiger partial charge in [0.15, 0.2) is 0 Å². The lowest BCUT2D eigenvalue weighted by Gasteiger charge is -2.27. The third kappa shape index (κ3) is 8.28. The van der Waals surface area contributed by atoms with Gasteiger partial charge in [-0.15, -0.1) is 0 Å². The van der Waals surface area contributed by atoms with E-state index in [1.807, 2.05) is 4.90 Å². The Morgan fingerprint density at radius 1 is 0.894 bits per heavy atom. The maximum absolute atomic E-state index is 13.5. The van der Waals surface area contributed by atoms with Gasteiger partial charge in [-0.2, -0.15) is 0 Å². The van der Waals surface area contributed by atoms with Gasteiger partial charge in [0.2, 0.25) is 0 Å². The molecular weight excluding hydrogens is 605 g/mol. The van der Waals surface area contributed by atoms with E-state index in [2.05, 4.69) is 15.6 Å². The smallest absolute Gasteiger partial charge is 0.305 e. The Labute approximate surface area is 271 Å². The van der Waals surface area contributed by atoms with E-state index in [4.69, 9.17) is 4.74 Å². The van der Waals surface area contributed by atoms with Crippen molar-refractivity contribution in [1.29, 1.82) is 0 Å². The van der Waals surface area contributed by atoms with Gasteiger partial charge in [-0.05, 0) is 72.6 Å².